The average Bonchev–Trinajstić information content (AvgIpc) is 3.18. The van der Waals surface area contributed by atoms with E-state index in [2.05, 4.69) is 10.3 Å². The highest BCUT2D eigenvalue weighted by Gasteiger charge is 2.43. The summed E-state index contributed by atoms with van der Waals surface area (Å²) in [6, 6.07) is 9.72. The number of benzene rings is 2. The maximum Gasteiger partial charge on any atom is 0.435 e. The van der Waals surface area contributed by atoms with Gasteiger partial charge in [0.05, 0.1) is 12.8 Å². The maximum atomic E-state index is 13.8. The fourth-order valence-corrected chi connectivity index (χ4v) is 3.43. The molecule has 1 aliphatic heterocycles. The third kappa shape index (κ3) is 3.60. The van der Waals surface area contributed by atoms with Gasteiger partial charge in [-0.05, 0) is 53.9 Å². The fraction of sp³-hybridized carbons (Fsp3) is 0.250. The first-order chi connectivity index (χ1) is 14.3. The van der Waals surface area contributed by atoms with E-state index in [0.29, 0.717) is 16.9 Å². The SMILES string of the molecule is COc1ccc2c(c1)CN(C(=O)c1nnn(-c3ccc(F)cc3)c1C(F)(F)F)CC2. The molecule has 6 nitrogen and oxygen atoms in total. The normalized spacial score (nSPS) is 13.8. The minimum Gasteiger partial charge on any atom is -0.497 e. The van der Waals surface area contributed by atoms with Crippen molar-refractivity contribution in [3.63, 3.8) is 0 Å². The molecule has 4 rings (SSSR count). The standard InChI is InChI=1S/C20H16F4N4O2/c1-30-16-7-2-12-8-9-27(11-13(12)10-16)19(29)17-18(20(22,23)24)28(26-25-17)15-5-3-14(21)4-6-15/h2-7,10H,8-9,11H2,1H3. The number of hydrogen-bond acceptors (Lipinski definition) is 4. The van der Waals surface area contributed by atoms with Crippen LogP contribution < -0.4 is 4.74 Å². The van der Waals surface area contributed by atoms with Crippen molar-refractivity contribution in [3.8, 4) is 11.4 Å². The number of amides is 1. The first-order valence-corrected chi connectivity index (χ1v) is 9.02. The molecule has 0 bridgehead atoms. The highest BCUT2D eigenvalue weighted by molar-refractivity contribution is 5.93. The van der Waals surface area contributed by atoms with Crippen molar-refractivity contribution in [2.24, 2.45) is 0 Å². The predicted octanol–water partition coefficient (Wildman–Crippen LogP) is 3.63. The lowest BCUT2D eigenvalue weighted by atomic mass is 9.99. The number of ether oxygens (including phenoxy) is 1. The second kappa shape index (κ2) is 7.43. The Morgan fingerprint density at radius 3 is 2.50 bits per heavy atom. The van der Waals surface area contributed by atoms with Crippen LogP contribution in [0.3, 0.4) is 0 Å². The lowest BCUT2D eigenvalue weighted by Crippen LogP contribution is -2.37. The smallest absolute Gasteiger partial charge is 0.435 e. The number of carbonyl (C=O) groups excluding carboxylic acids is 1. The van der Waals surface area contributed by atoms with E-state index in [0.717, 1.165) is 35.4 Å². The maximum absolute atomic E-state index is 13.8. The molecule has 0 saturated carbocycles. The zero-order valence-electron chi connectivity index (χ0n) is 15.8. The van der Waals surface area contributed by atoms with Crippen LogP contribution in [0.5, 0.6) is 5.75 Å². The molecule has 1 aromatic heterocycles. The highest BCUT2D eigenvalue weighted by Crippen LogP contribution is 2.34. The molecule has 0 unspecified atom stereocenters. The molecule has 30 heavy (non-hydrogen) atoms. The van der Waals surface area contributed by atoms with E-state index in [1.54, 1.807) is 12.1 Å². The summed E-state index contributed by atoms with van der Waals surface area (Å²) in [5.74, 6) is -0.878. The summed E-state index contributed by atoms with van der Waals surface area (Å²) in [6.07, 6.45) is -4.39. The van der Waals surface area contributed by atoms with Gasteiger partial charge in [-0.15, -0.1) is 5.10 Å². The number of fused-ring (bicyclic) bond motifs is 1. The van der Waals surface area contributed by atoms with Gasteiger partial charge in [-0.1, -0.05) is 11.3 Å². The van der Waals surface area contributed by atoms with Gasteiger partial charge >= 0.3 is 6.18 Å². The van der Waals surface area contributed by atoms with Crippen molar-refractivity contribution in [1.82, 2.24) is 19.9 Å². The Hall–Kier alpha value is -3.43. The Balaban J connectivity index is 1.70. The van der Waals surface area contributed by atoms with Crippen LogP contribution >= 0.6 is 0 Å². The molecule has 2 heterocycles. The lowest BCUT2D eigenvalue weighted by molar-refractivity contribution is -0.143. The van der Waals surface area contributed by atoms with Gasteiger partial charge in [0.25, 0.3) is 5.91 Å². The van der Waals surface area contributed by atoms with E-state index < -0.39 is 29.3 Å². The Bertz CT molecular complexity index is 1090. The Labute approximate surface area is 168 Å². The summed E-state index contributed by atoms with van der Waals surface area (Å²) >= 11 is 0. The molecule has 2 aromatic carbocycles. The van der Waals surface area contributed by atoms with Gasteiger partial charge in [-0.25, -0.2) is 9.07 Å². The molecule has 3 aromatic rings. The second-order valence-corrected chi connectivity index (χ2v) is 6.78. The molecule has 0 fully saturated rings. The molecule has 0 spiro atoms. The van der Waals surface area contributed by atoms with Gasteiger partial charge in [0.15, 0.2) is 11.4 Å². The van der Waals surface area contributed by atoms with E-state index in [1.165, 1.54) is 12.0 Å². The van der Waals surface area contributed by atoms with Crippen molar-refractivity contribution in [3.05, 3.63) is 70.8 Å². The molecule has 1 aliphatic rings. The molecule has 0 saturated heterocycles. The average molecular weight is 420 g/mol. The van der Waals surface area contributed by atoms with Gasteiger partial charge < -0.3 is 9.64 Å². The van der Waals surface area contributed by atoms with Crippen LogP contribution in [-0.4, -0.2) is 39.5 Å². The first kappa shape index (κ1) is 19.9. The molecule has 0 radical (unpaired) electrons. The van der Waals surface area contributed by atoms with E-state index in [-0.39, 0.29) is 18.8 Å². The zero-order chi connectivity index (χ0) is 21.5. The van der Waals surface area contributed by atoms with Crippen molar-refractivity contribution < 1.29 is 27.1 Å². The van der Waals surface area contributed by atoms with Crippen LogP contribution in [0.2, 0.25) is 0 Å². The number of hydrogen-bond donors (Lipinski definition) is 0. The quantitative estimate of drug-likeness (QED) is 0.608. The number of rotatable bonds is 3. The first-order valence-electron chi connectivity index (χ1n) is 9.02. The van der Waals surface area contributed by atoms with Gasteiger partial charge in [0, 0.05) is 13.1 Å². The number of alkyl halides is 3. The summed E-state index contributed by atoms with van der Waals surface area (Å²) in [5.41, 5.74) is -0.336. The van der Waals surface area contributed by atoms with Crippen molar-refractivity contribution in [2.45, 2.75) is 19.1 Å². The van der Waals surface area contributed by atoms with E-state index in [1.807, 2.05) is 6.07 Å². The van der Waals surface area contributed by atoms with Gasteiger partial charge in [-0.2, -0.15) is 13.2 Å². The van der Waals surface area contributed by atoms with Gasteiger partial charge in [0.1, 0.15) is 11.6 Å². The van der Waals surface area contributed by atoms with E-state index in [4.69, 9.17) is 4.74 Å². The van der Waals surface area contributed by atoms with Crippen LogP contribution in [0.25, 0.3) is 5.69 Å². The van der Waals surface area contributed by atoms with E-state index >= 15 is 0 Å². The minimum atomic E-state index is -4.89. The van der Waals surface area contributed by atoms with Crippen LogP contribution in [0.4, 0.5) is 17.6 Å². The molecule has 1 amide bonds. The van der Waals surface area contributed by atoms with Crippen LogP contribution in [0.1, 0.15) is 27.3 Å². The minimum absolute atomic E-state index is 0.0519. The predicted molar refractivity (Wildman–Crippen MR) is 97.8 cm³/mol. The number of methoxy groups -OCH3 is 1. The Morgan fingerprint density at radius 1 is 1.10 bits per heavy atom. The van der Waals surface area contributed by atoms with Crippen LogP contribution in [0, 0.1) is 5.82 Å². The highest BCUT2D eigenvalue weighted by atomic mass is 19.4. The number of carbonyl (C=O) groups is 1. The Kier molecular flexibility index (Phi) is 4.92. The summed E-state index contributed by atoms with van der Waals surface area (Å²) in [6.45, 7) is 0.380. The molecule has 10 heteroatoms. The second-order valence-electron chi connectivity index (χ2n) is 6.78. The lowest BCUT2D eigenvalue weighted by Gasteiger charge is -2.28. The summed E-state index contributed by atoms with van der Waals surface area (Å²) in [7, 11) is 1.51. The van der Waals surface area contributed by atoms with Crippen LogP contribution in [0.15, 0.2) is 42.5 Å². The van der Waals surface area contributed by atoms with Crippen molar-refractivity contribution in [1.29, 1.82) is 0 Å². The summed E-state index contributed by atoms with van der Waals surface area (Å²) in [4.78, 5) is 14.3. The summed E-state index contributed by atoms with van der Waals surface area (Å²) < 4.78 is 60.3. The summed E-state index contributed by atoms with van der Waals surface area (Å²) in [5, 5.41) is 7.06. The molecular formula is C20H16F4N4O2. The monoisotopic (exact) mass is 420 g/mol. The molecular weight excluding hydrogens is 404 g/mol. The molecule has 0 N–H and O–H groups in total. The Morgan fingerprint density at radius 2 is 1.83 bits per heavy atom. The third-order valence-electron chi connectivity index (χ3n) is 4.93. The number of aromatic nitrogens is 3. The number of nitrogens with zero attached hydrogens (tertiary/aromatic N) is 4. The topological polar surface area (TPSA) is 60.2 Å². The molecule has 0 atom stereocenters. The largest absolute Gasteiger partial charge is 0.497 e. The zero-order valence-corrected chi connectivity index (χ0v) is 15.8. The van der Waals surface area contributed by atoms with Crippen molar-refractivity contribution >= 4 is 5.91 Å². The van der Waals surface area contributed by atoms with Gasteiger partial charge in [0.2, 0.25) is 0 Å². The van der Waals surface area contributed by atoms with Gasteiger partial charge in [-0.3, -0.25) is 4.79 Å². The fourth-order valence-electron chi connectivity index (χ4n) is 3.43. The van der Waals surface area contributed by atoms with Crippen LogP contribution in [-0.2, 0) is 19.1 Å². The number of halogens is 4. The third-order valence-corrected chi connectivity index (χ3v) is 4.93. The van der Waals surface area contributed by atoms with E-state index in [9.17, 15) is 22.4 Å². The molecule has 0 aliphatic carbocycles. The van der Waals surface area contributed by atoms with Crippen molar-refractivity contribution in [2.75, 3.05) is 13.7 Å². The molecule has 156 valence electrons.